The number of rotatable bonds is 3. The summed E-state index contributed by atoms with van der Waals surface area (Å²) >= 11 is 5.79. The maximum atomic E-state index is 12.5. The van der Waals surface area contributed by atoms with Gasteiger partial charge in [-0.1, -0.05) is 11.6 Å². The Morgan fingerprint density at radius 3 is 2.75 bits per heavy atom. The zero-order valence-corrected chi connectivity index (χ0v) is 9.52. The van der Waals surface area contributed by atoms with Gasteiger partial charge in [-0.15, -0.1) is 0 Å². The average Bonchev–Trinajstić information content (AvgIpc) is 2.21. The minimum Gasteiger partial charge on any atom is -0.461 e. The van der Waals surface area contributed by atoms with Gasteiger partial charge in [-0.05, 0) is 25.5 Å². The van der Waals surface area contributed by atoms with Gasteiger partial charge < -0.3 is 4.74 Å². The Morgan fingerprint density at radius 1 is 1.62 bits per heavy atom. The molecule has 0 aliphatic heterocycles. The van der Waals surface area contributed by atoms with E-state index in [-0.39, 0.29) is 17.3 Å². The van der Waals surface area contributed by atoms with Crippen molar-refractivity contribution in [2.75, 3.05) is 6.61 Å². The minimum atomic E-state index is -2.75. The van der Waals surface area contributed by atoms with Crippen LogP contribution in [-0.4, -0.2) is 17.6 Å². The van der Waals surface area contributed by atoms with E-state index in [4.69, 9.17) is 11.6 Å². The Bertz CT molecular complexity index is 410. The second-order valence-electron chi connectivity index (χ2n) is 3.05. The van der Waals surface area contributed by atoms with Gasteiger partial charge in [0, 0.05) is 0 Å². The normalized spacial score (nSPS) is 10.6. The third-order valence-electron chi connectivity index (χ3n) is 1.85. The summed E-state index contributed by atoms with van der Waals surface area (Å²) in [5, 5.41) is 0.0443. The Hall–Kier alpha value is -1.23. The molecule has 0 radical (unpaired) electrons. The van der Waals surface area contributed by atoms with E-state index in [9.17, 15) is 13.6 Å². The van der Waals surface area contributed by atoms with E-state index >= 15 is 0 Å². The van der Waals surface area contributed by atoms with Crippen molar-refractivity contribution >= 4 is 17.6 Å². The highest BCUT2D eigenvalue weighted by molar-refractivity contribution is 6.34. The van der Waals surface area contributed by atoms with Crippen LogP contribution in [0, 0.1) is 6.92 Å². The van der Waals surface area contributed by atoms with Crippen molar-refractivity contribution in [2.45, 2.75) is 20.3 Å². The largest absolute Gasteiger partial charge is 0.461 e. The van der Waals surface area contributed by atoms with Crippen molar-refractivity contribution in [3.05, 3.63) is 28.0 Å². The molecule has 0 amide bonds. The van der Waals surface area contributed by atoms with Crippen molar-refractivity contribution < 1.29 is 18.3 Å². The van der Waals surface area contributed by atoms with Crippen LogP contribution >= 0.6 is 11.6 Å². The molecule has 0 aliphatic carbocycles. The first-order chi connectivity index (χ1) is 7.47. The van der Waals surface area contributed by atoms with Gasteiger partial charge in [-0.3, -0.25) is 0 Å². The zero-order valence-electron chi connectivity index (χ0n) is 8.76. The van der Waals surface area contributed by atoms with E-state index in [1.807, 2.05) is 0 Å². The summed E-state index contributed by atoms with van der Waals surface area (Å²) in [4.78, 5) is 14.9. The number of aromatic nitrogens is 1. The second-order valence-corrected chi connectivity index (χ2v) is 3.43. The molecule has 0 saturated heterocycles. The molecule has 6 heteroatoms. The fourth-order valence-electron chi connectivity index (χ4n) is 1.13. The van der Waals surface area contributed by atoms with Crippen LogP contribution in [0.2, 0.25) is 5.02 Å². The van der Waals surface area contributed by atoms with Crippen molar-refractivity contribution in [3.63, 3.8) is 0 Å². The summed E-state index contributed by atoms with van der Waals surface area (Å²) in [6.07, 6.45) is -2.75. The molecule has 0 spiro atoms. The minimum absolute atomic E-state index is 0.0443. The second kappa shape index (κ2) is 5.21. The number of alkyl halides is 2. The predicted molar refractivity (Wildman–Crippen MR) is 54.9 cm³/mol. The van der Waals surface area contributed by atoms with Crippen LogP contribution < -0.4 is 0 Å². The quantitative estimate of drug-likeness (QED) is 0.773. The monoisotopic (exact) mass is 249 g/mol. The molecule has 88 valence electrons. The SMILES string of the molecule is CCOC(=O)c1nc(C(F)F)cc(C)c1Cl. The van der Waals surface area contributed by atoms with Crippen LogP contribution in [0.1, 0.15) is 35.1 Å². The van der Waals surface area contributed by atoms with Gasteiger partial charge in [0.15, 0.2) is 5.69 Å². The van der Waals surface area contributed by atoms with Crippen LogP contribution in [-0.2, 0) is 4.74 Å². The highest BCUT2D eigenvalue weighted by Crippen LogP contribution is 2.25. The molecule has 1 rings (SSSR count). The van der Waals surface area contributed by atoms with Crippen LogP contribution in [0.3, 0.4) is 0 Å². The molecule has 0 fully saturated rings. The van der Waals surface area contributed by atoms with E-state index in [0.29, 0.717) is 5.56 Å². The van der Waals surface area contributed by atoms with Gasteiger partial charge >= 0.3 is 5.97 Å². The molecular formula is C10H10ClF2NO2. The first kappa shape index (κ1) is 12.8. The molecule has 16 heavy (non-hydrogen) atoms. The lowest BCUT2D eigenvalue weighted by Crippen LogP contribution is -2.10. The van der Waals surface area contributed by atoms with Gasteiger partial charge in [0.25, 0.3) is 6.43 Å². The Balaban J connectivity index is 3.21. The summed E-state index contributed by atoms with van der Waals surface area (Å²) in [6, 6.07) is 1.15. The van der Waals surface area contributed by atoms with Crippen LogP contribution in [0.4, 0.5) is 8.78 Å². The summed E-state index contributed by atoms with van der Waals surface area (Å²) in [6.45, 7) is 3.27. The highest BCUT2D eigenvalue weighted by atomic mass is 35.5. The smallest absolute Gasteiger partial charge is 0.358 e. The van der Waals surface area contributed by atoms with Crippen LogP contribution in [0.15, 0.2) is 6.07 Å². The van der Waals surface area contributed by atoms with E-state index in [0.717, 1.165) is 6.07 Å². The molecule has 0 unspecified atom stereocenters. The number of ether oxygens (including phenoxy) is 1. The fraction of sp³-hybridized carbons (Fsp3) is 0.400. The van der Waals surface area contributed by atoms with Crippen molar-refractivity contribution in [2.24, 2.45) is 0 Å². The third-order valence-corrected chi connectivity index (χ3v) is 2.33. The van der Waals surface area contributed by atoms with Gasteiger partial charge in [-0.25, -0.2) is 18.6 Å². The van der Waals surface area contributed by atoms with E-state index in [1.54, 1.807) is 6.92 Å². The summed E-state index contributed by atoms with van der Waals surface area (Å²) in [5.41, 5.74) is -0.376. The lowest BCUT2D eigenvalue weighted by atomic mass is 10.2. The zero-order chi connectivity index (χ0) is 12.3. The number of halogens is 3. The molecule has 1 aromatic rings. The number of aryl methyl sites for hydroxylation is 1. The van der Waals surface area contributed by atoms with Crippen LogP contribution in [0.5, 0.6) is 0 Å². The van der Waals surface area contributed by atoms with Gasteiger partial charge in [0.05, 0.1) is 11.6 Å². The lowest BCUT2D eigenvalue weighted by Gasteiger charge is -2.08. The van der Waals surface area contributed by atoms with Gasteiger partial charge in [0.1, 0.15) is 5.69 Å². The van der Waals surface area contributed by atoms with Crippen molar-refractivity contribution in [1.29, 1.82) is 0 Å². The maximum Gasteiger partial charge on any atom is 0.358 e. The first-order valence-electron chi connectivity index (χ1n) is 4.59. The van der Waals surface area contributed by atoms with Crippen molar-refractivity contribution in [3.8, 4) is 0 Å². The Labute approximate surface area is 96.4 Å². The summed E-state index contributed by atoms with van der Waals surface area (Å²) in [7, 11) is 0. The first-order valence-corrected chi connectivity index (χ1v) is 4.97. The van der Waals surface area contributed by atoms with Crippen molar-refractivity contribution in [1.82, 2.24) is 4.98 Å². The van der Waals surface area contributed by atoms with E-state index in [2.05, 4.69) is 9.72 Å². The predicted octanol–water partition coefficient (Wildman–Crippen LogP) is 3.16. The molecule has 3 nitrogen and oxygen atoms in total. The number of pyridine rings is 1. The molecule has 0 aromatic carbocycles. The number of esters is 1. The Kier molecular flexibility index (Phi) is 4.18. The summed E-state index contributed by atoms with van der Waals surface area (Å²) < 4.78 is 29.6. The Morgan fingerprint density at radius 2 is 2.25 bits per heavy atom. The maximum absolute atomic E-state index is 12.5. The molecule has 0 bridgehead atoms. The van der Waals surface area contributed by atoms with E-state index in [1.165, 1.54) is 6.92 Å². The number of nitrogens with zero attached hydrogens (tertiary/aromatic N) is 1. The van der Waals surface area contributed by atoms with E-state index < -0.39 is 18.1 Å². The topological polar surface area (TPSA) is 39.2 Å². The molecule has 0 aliphatic rings. The molecule has 1 aromatic heterocycles. The number of carbonyl (C=O) groups excluding carboxylic acids is 1. The molecule has 0 saturated carbocycles. The third kappa shape index (κ3) is 2.66. The standard InChI is InChI=1S/C10H10ClF2NO2/c1-3-16-10(15)8-7(11)5(2)4-6(14-8)9(12)13/h4,9H,3H2,1-2H3. The molecule has 0 N–H and O–H groups in total. The summed E-state index contributed by atoms with van der Waals surface area (Å²) in [5.74, 6) is -0.793. The molecular weight excluding hydrogens is 240 g/mol. The number of hydrogen-bond donors (Lipinski definition) is 0. The lowest BCUT2D eigenvalue weighted by molar-refractivity contribution is 0.0518. The number of carbonyl (C=O) groups is 1. The molecule has 0 atom stereocenters. The highest BCUT2D eigenvalue weighted by Gasteiger charge is 2.20. The molecule has 1 heterocycles. The number of hydrogen-bond acceptors (Lipinski definition) is 3. The van der Waals surface area contributed by atoms with Crippen LogP contribution in [0.25, 0.3) is 0 Å². The van der Waals surface area contributed by atoms with Gasteiger partial charge in [-0.2, -0.15) is 0 Å². The fourth-order valence-corrected chi connectivity index (χ4v) is 1.30. The van der Waals surface area contributed by atoms with Gasteiger partial charge in [0.2, 0.25) is 0 Å². The average molecular weight is 250 g/mol.